The molecule has 1 saturated carbocycles. The molecule has 0 radical (unpaired) electrons. The van der Waals surface area contributed by atoms with Crippen LogP contribution in [0.4, 0.5) is 0 Å². The number of nitrogens with one attached hydrogen (secondary N) is 1. The van der Waals surface area contributed by atoms with Gasteiger partial charge in [-0.05, 0) is 25.7 Å². The van der Waals surface area contributed by atoms with E-state index in [-0.39, 0.29) is 0 Å². The van der Waals surface area contributed by atoms with E-state index in [1.807, 2.05) is 0 Å². The van der Waals surface area contributed by atoms with E-state index in [4.69, 9.17) is 16.3 Å². The Kier molecular flexibility index (Phi) is 2.74. The van der Waals surface area contributed by atoms with Crippen LogP contribution in [0.1, 0.15) is 32.1 Å². The molecule has 0 amide bonds. The van der Waals surface area contributed by atoms with Gasteiger partial charge in [0, 0.05) is 0 Å². The molecule has 0 unspecified atom stereocenters. The molecule has 4 heteroatoms. The molecule has 3 nitrogen and oxygen atoms in total. The molecule has 1 aliphatic rings. The van der Waals surface area contributed by atoms with Crippen molar-refractivity contribution in [2.24, 2.45) is 0 Å². The maximum Gasteiger partial charge on any atom is 0.176 e. The molecule has 0 aromatic carbocycles. The van der Waals surface area contributed by atoms with E-state index in [9.17, 15) is 0 Å². The summed E-state index contributed by atoms with van der Waals surface area (Å²) in [5, 5.41) is 6.96. The van der Waals surface area contributed by atoms with Crippen molar-refractivity contribution >= 4 is 11.6 Å². The van der Waals surface area contributed by atoms with Crippen molar-refractivity contribution in [3.63, 3.8) is 0 Å². The summed E-state index contributed by atoms with van der Waals surface area (Å²) in [7, 11) is 0. The van der Waals surface area contributed by atoms with Crippen molar-refractivity contribution < 1.29 is 4.74 Å². The van der Waals surface area contributed by atoms with Crippen LogP contribution >= 0.6 is 11.6 Å². The molecule has 13 heavy (non-hydrogen) atoms. The first-order valence-corrected chi connectivity index (χ1v) is 5.09. The number of H-pyrrole nitrogens is 1. The zero-order valence-corrected chi connectivity index (χ0v) is 8.18. The lowest BCUT2D eigenvalue weighted by molar-refractivity contribution is 0.155. The topological polar surface area (TPSA) is 37.9 Å². The van der Waals surface area contributed by atoms with Gasteiger partial charge in [-0.15, -0.1) is 0 Å². The predicted octanol–water partition coefficient (Wildman–Crippen LogP) is 2.77. The van der Waals surface area contributed by atoms with Gasteiger partial charge in [-0.25, -0.2) is 0 Å². The maximum atomic E-state index is 5.82. The van der Waals surface area contributed by atoms with Gasteiger partial charge in [0.05, 0.1) is 12.3 Å². The minimum Gasteiger partial charge on any atom is -0.486 e. The predicted molar refractivity (Wildman–Crippen MR) is 51.1 cm³/mol. The van der Waals surface area contributed by atoms with Gasteiger partial charge in [-0.3, -0.25) is 5.10 Å². The normalized spacial score (nSPS) is 18.8. The molecular weight excluding hydrogens is 188 g/mol. The van der Waals surface area contributed by atoms with Crippen LogP contribution in [-0.2, 0) is 0 Å². The highest BCUT2D eigenvalue weighted by atomic mass is 35.5. The van der Waals surface area contributed by atoms with Crippen molar-refractivity contribution in [1.29, 1.82) is 0 Å². The van der Waals surface area contributed by atoms with Crippen molar-refractivity contribution in [2.45, 2.75) is 38.2 Å². The van der Waals surface area contributed by atoms with Gasteiger partial charge < -0.3 is 4.74 Å². The molecule has 1 N–H and O–H groups in total. The molecule has 1 aromatic heterocycles. The largest absolute Gasteiger partial charge is 0.486 e. The van der Waals surface area contributed by atoms with Crippen molar-refractivity contribution in [1.82, 2.24) is 10.2 Å². The van der Waals surface area contributed by atoms with Crippen molar-refractivity contribution in [3.8, 4) is 5.75 Å². The Hall–Kier alpha value is -0.700. The smallest absolute Gasteiger partial charge is 0.176 e. The van der Waals surface area contributed by atoms with Crippen LogP contribution in [0.5, 0.6) is 5.75 Å². The van der Waals surface area contributed by atoms with Gasteiger partial charge in [0.2, 0.25) is 0 Å². The fraction of sp³-hybridized carbons (Fsp3) is 0.667. The number of aromatic nitrogens is 2. The third-order valence-corrected chi connectivity index (χ3v) is 2.68. The van der Waals surface area contributed by atoms with E-state index < -0.39 is 0 Å². The molecule has 0 aliphatic heterocycles. The number of aromatic amines is 1. The van der Waals surface area contributed by atoms with E-state index >= 15 is 0 Å². The first kappa shape index (κ1) is 8.88. The van der Waals surface area contributed by atoms with Crippen LogP contribution in [0.2, 0.25) is 5.15 Å². The Balaban J connectivity index is 1.93. The van der Waals surface area contributed by atoms with Crippen LogP contribution in [-0.4, -0.2) is 16.3 Å². The monoisotopic (exact) mass is 200 g/mol. The lowest BCUT2D eigenvalue weighted by Gasteiger charge is -2.22. The summed E-state index contributed by atoms with van der Waals surface area (Å²) in [5.74, 6) is 0.688. The van der Waals surface area contributed by atoms with Gasteiger partial charge in [-0.2, -0.15) is 5.10 Å². The molecule has 0 bridgehead atoms. The van der Waals surface area contributed by atoms with Crippen molar-refractivity contribution in [3.05, 3.63) is 11.3 Å². The highest BCUT2D eigenvalue weighted by molar-refractivity contribution is 6.30. The zero-order chi connectivity index (χ0) is 9.10. The number of ether oxygens (including phenoxy) is 1. The molecule has 72 valence electrons. The first-order valence-electron chi connectivity index (χ1n) is 4.72. The summed E-state index contributed by atoms with van der Waals surface area (Å²) in [4.78, 5) is 0. The number of hydrogen-bond acceptors (Lipinski definition) is 2. The van der Waals surface area contributed by atoms with E-state index in [0.717, 1.165) is 12.8 Å². The Bertz CT molecular complexity index is 268. The SMILES string of the molecule is Clc1[nH]ncc1OC1CCCCC1. The second kappa shape index (κ2) is 4.01. The highest BCUT2D eigenvalue weighted by Crippen LogP contribution is 2.26. The average molecular weight is 201 g/mol. The van der Waals surface area contributed by atoms with E-state index in [0.29, 0.717) is 17.0 Å². The Morgan fingerprint density at radius 3 is 2.77 bits per heavy atom. The Morgan fingerprint density at radius 1 is 1.38 bits per heavy atom. The minimum atomic E-state index is 0.337. The molecule has 0 spiro atoms. The molecule has 0 atom stereocenters. The summed E-state index contributed by atoms with van der Waals surface area (Å²) in [6.45, 7) is 0. The number of rotatable bonds is 2. The van der Waals surface area contributed by atoms with Gasteiger partial charge >= 0.3 is 0 Å². The van der Waals surface area contributed by atoms with Gasteiger partial charge in [-0.1, -0.05) is 18.0 Å². The molecule has 1 aromatic rings. The first-order chi connectivity index (χ1) is 6.36. The number of nitrogens with zero attached hydrogens (tertiary/aromatic N) is 1. The standard InChI is InChI=1S/C9H13ClN2O/c10-9-8(6-11-12-9)13-7-4-2-1-3-5-7/h6-7H,1-5H2,(H,11,12). The second-order valence-corrected chi connectivity index (χ2v) is 3.80. The van der Waals surface area contributed by atoms with E-state index in [2.05, 4.69) is 10.2 Å². The van der Waals surface area contributed by atoms with E-state index in [1.54, 1.807) is 6.20 Å². The summed E-state index contributed by atoms with van der Waals surface area (Å²) < 4.78 is 5.70. The number of halogens is 1. The van der Waals surface area contributed by atoms with Crippen LogP contribution in [0.25, 0.3) is 0 Å². The number of hydrogen-bond donors (Lipinski definition) is 1. The maximum absolute atomic E-state index is 5.82. The molecular formula is C9H13ClN2O. The third-order valence-electron chi connectivity index (χ3n) is 2.41. The van der Waals surface area contributed by atoms with Crippen molar-refractivity contribution in [2.75, 3.05) is 0 Å². The molecule has 1 heterocycles. The minimum absolute atomic E-state index is 0.337. The fourth-order valence-electron chi connectivity index (χ4n) is 1.70. The van der Waals surface area contributed by atoms with Gasteiger partial charge in [0.25, 0.3) is 0 Å². The Labute approximate surface area is 82.4 Å². The van der Waals surface area contributed by atoms with Crippen LogP contribution in [0.3, 0.4) is 0 Å². The highest BCUT2D eigenvalue weighted by Gasteiger charge is 2.16. The van der Waals surface area contributed by atoms with Crippen LogP contribution in [0, 0.1) is 0 Å². The average Bonchev–Trinajstić information content (AvgIpc) is 2.54. The quantitative estimate of drug-likeness (QED) is 0.797. The summed E-state index contributed by atoms with van der Waals surface area (Å²) >= 11 is 5.82. The van der Waals surface area contributed by atoms with Crippen LogP contribution < -0.4 is 4.74 Å². The summed E-state index contributed by atoms with van der Waals surface area (Å²) in [5.41, 5.74) is 0. The lowest BCUT2D eigenvalue weighted by Crippen LogP contribution is -2.19. The zero-order valence-electron chi connectivity index (χ0n) is 7.42. The molecule has 0 saturated heterocycles. The summed E-state index contributed by atoms with van der Waals surface area (Å²) in [6.07, 6.45) is 8.11. The second-order valence-electron chi connectivity index (χ2n) is 3.43. The van der Waals surface area contributed by atoms with E-state index in [1.165, 1.54) is 19.3 Å². The molecule has 1 aliphatic carbocycles. The third kappa shape index (κ3) is 2.15. The Morgan fingerprint density at radius 2 is 2.15 bits per heavy atom. The fourth-order valence-corrected chi connectivity index (χ4v) is 1.85. The lowest BCUT2D eigenvalue weighted by atomic mass is 9.98. The van der Waals surface area contributed by atoms with Gasteiger partial charge in [0.1, 0.15) is 0 Å². The van der Waals surface area contributed by atoms with Gasteiger partial charge in [0.15, 0.2) is 10.9 Å². The molecule has 1 fully saturated rings. The summed E-state index contributed by atoms with van der Waals surface area (Å²) in [6, 6.07) is 0. The molecule has 2 rings (SSSR count). The van der Waals surface area contributed by atoms with Crippen LogP contribution in [0.15, 0.2) is 6.20 Å².